The zero-order valence-corrected chi connectivity index (χ0v) is 11.0. The third-order valence-electron chi connectivity index (χ3n) is 3.59. The number of piperidine rings is 1. The van der Waals surface area contributed by atoms with Gasteiger partial charge in [0, 0.05) is 31.0 Å². The monoisotopic (exact) mass is 253 g/mol. The molecule has 1 aliphatic carbocycles. The molecule has 18 heavy (non-hydrogen) atoms. The molecular formula is C13H23N3O2. The van der Waals surface area contributed by atoms with E-state index < -0.39 is 0 Å². The fraction of sp³-hybridized carbons (Fsp3) is 0.846. The van der Waals surface area contributed by atoms with E-state index in [1.165, 1.54) is 0 Å². The maximum Gasteiger partial charge on any atom is 0.223 e. The lowest BCUT2D eigenvalue weighted by atomic mass is 9.92. The van der Waals surface area contributed by atoms with E-state index in [4.69, 9.17) is 0 Å². The van der Waals surface area contributed by atoms with Gasteiger partial charge in [0.2, 0.25) is 11.8 Å². The second kappa shape index (κ2) is 6.18. The van der Waals surface area contributed by atoms with Crippen molar-refractivity contribution in [3.63, 3.8) is 0 Å². The summed E-state index contributed by atoms with van der Waals surface area (Å²) in [6.45, 7) is 3.46. The van der Waals surface area contributed by atoms with Crippen LogP contribution in [0.1, 0.15) is 39.0 Å². The molecule has 0 spiro atoms. The summed E-state index contributed by atoms with van der Waals surface area (Å²) in [5.74, 6) is 0.256. The van der Waals surface area contributed by atoms with Crippen LogP contribution in [0.4, 0.5) is 0 Å². The first-order valence-corrected chi connectivity index (χ1v) is 6.95. The largest absolute Gasteiger partial charge is 0.355 e. The molecule has 0 bridgehead atoms. The van der Waals surface area contributed by atoms with E-state index in [1.54, 1.807) is 0 Å². The van der Waals surface area contributed by atoms with Gasteiger partial charge in [-0.2, -0.15) is 0 Å². The number of nitrogens with one attached hydrogen (secondary N) is 3. The average molecular weight is 253 g/mol. The minimum atomic E-state index is 0.0523. The normalized spacial score (nSPS) is 27.6. The molecule has 1 heterocycles. The lowest BCUT2D eigenvalue weighted by Gasteiger charge is -2.27. The van der Waals surface area contributed by atoms with Crippen LogP contribution in [-0.2, 0) is 9.59 Å². The van der Waals surface area contributed by atoms with Crippen LogP contribution in [0.25, 0.3) is 0 Å². The maximum atomic E-state index is 11.9. The molecule has 0 aromatic rings. The number of hydrogen-bond donors (Lipinski definition) is 3. The molecule has 2 amide bonds. The zero-order chi connectivity index (χ0) is 13.0. The van der Waals surface area contributed by atoms with E-state index in [0.29, 0.717) is 25.0 Å². The molecule has 0 aromatic heterocycles. The van der Waals surface area contributed by atoms with Gasteiger partial charge in [0.15, 0.2) is 0 Å². The van der Waals surface area contributed by atoms with Crippen LogP contribution in [0.3, 0.4) is 0 Å². The highest BCUT2D eigenvalue weighted by atomic mass is 16.2. The maximum absolute atomic E-state index is 11.9. The second-order valence-corrected chi connectivity index (χ2v) is 5.46. The van der Waals surface area contributed by atoms with Crippen molar-refractivity contribution in [2.45, 2.75) is 51.1 Å². The number of carbonyl (C=O) groups excluding carboxylic acids is 2. The Morgan fingerprint density at radius 3 is 2.72 bits per heavy atom. The molecule has 2 rings (SSSR count). The van der Waals surface area contributed by atoms with Crippen LogP contribution < -0.4 is 16.0 Å². The molecule has 2 unspecified atom stereocenters. The number of amides is 2. The van der Waals surface area contributed by atoms with Crippen LogP contribution in [0.5, 0.6) is 0 Å². The van der Waals surface area contributed by atoms with Crippen molar-refractivity contribution in [2.75, 3.05) is 13.1 Å². The average Bonchev–Trinajstić information content (AvgIpc) is 3.12. The van der Waals surface area contributed by atoms with E-state index in [0.717, 1.165) is 32.2 Å². The molecule has 102 valence electrons. The van der Waals surface area contributed by atoms with Crippen molar-refractivity contribution in [2.24, 2.45) is 5.92 Å². The number of rotatable bonds is 5. The van der Waals surface area contributed by atoms with Crippen LogP contribution in [0.2, 0.25) is 0 Å². The summed E-state index contributed by atoms with van der Waals surface area (Å²) in [7, 11) is 0. The lowest BCUT2D eigenvalue weighted by Crippen LogP contribution is -2.43. The first-order valence-electron chi connectivity index (χ1n) is 6.95. The Morgan fingerprint density at radius 2 is 2.06 bits per heavy atom. The third-order valence-corrected chi connectivity index (χ3v) is 3.59. The van der Waals surface area contributed by atoms with Crippen molar-refractivity contribution in [1.29, 1.82) is 0 Å². The van der Waals surface area contributed by atoms with Gasteiger partial charge in [-0.3, -0.25) is 9.59 Å². The SMILES string of the molecule is CC1CC(C(=O)NCCC(=O)NC2CC2)CCN1. The fourth-order valence-electron chi connectivity index (χ4n) is 2.34. The Labute approximate surface area is 108 Å². The molecule has 3 N–H and O–H groups in total. The molecular weight excluding hydrogens is 230 g/mol. The Bertz CT molecular complexity index is 315. The number of carbonyl (C=O) groups is 2. The third kappa shape index (κ3) is 4.29. The summed E-state index contributed by atoms with van der Waals surface area (Å²) in [5.41, 5.74) is 0. The Balaban J connectivity index is 1.60. The van der Waals surface area contributed by atoms with Crippen molar-refractivity contribution < 1.29 is 9.59 Å². The van der Waals surface area contributed by atoms with Gasteiger partial charge in [0.05, 0.1) is 0 Å². The van der Waals surface area contributed by atoms with Gasteiger partial charge in [-0.05, 0) is 39.2 Å². The van der Waals surface area contributed by atoms with Crippen molar-refractivity contribution in [3.05, 3.63) is 0 Å². The van der Waals surface area contributed by atoms with Gasteiger partial charge in [-0.1, -0.05) is 0 Å². The van der Waals surface area contributed by atoms with Crippen LogP contribution in [0, 0.1) is 5.92 Å². The van der Waals surface area contributed by atoms with Gasteiger partial charge >= 0.3 is 0 Å². The van der Waals surface area contributed by atoms with Crippen molar-refractivity contribution in [3.8, 4) is 0 Å². The van der Waals surface area contributed by atoms with Crippen LogP contribution in [-0.4, -0.2) is 37.0 Å². The predicted molar refractivity (Wildman–Crippen MR) is 69.0 cm³/mol. The Morgan fingerprint density at radius 1 is 1.28 bits per heavy atom. The number of hydrogen-bond acceptors (Lipinski definition) is 3. The van der Waals surface area contributed by atoms with Crippen LogP contribution >= 0.6 is 0 Å². The fourth-order valence-corrected chi connectivity index (χ4v) is 2.34. The summed E-state index contributed by atoms with van der Waals surface area (Å²) in [6.07, 6.45) is 4.38. The minimum absolute atomic E-state index is 0.0523. The summed E-state index contributed by atoms with van der Waals surface area (Å²) < 4.78 is 0. The van der Waals surface area contributed by atoms with Crippen molar-refractivity contribution >= 4 is 11.8 Å². The Hall–Kier alpha value is -1.10. The van der Waals surface area contributed by atoms with Gasteiger partial charge in [-0.25, -0.2) is 0 Å². The molecule has 5 heteroatoms. The first-order chi connectivity index (χ1) is 8.65. The first kappa shape index (κ1) is 13.3. The second-order valence-electron chi connectivity index (χ2n) is 5.46. The van der Waals surface area contributed by atoms with E-state index in [9.17, 15) is 9.59 Å². The molecule has 2 aliphatic rings. The predicted octanol–water partition coefficient (Wildman–Crippen LogP) is 0.159. The minimum Gasteiger partial charge on any atom is -0.355 e. The molecule has 2 atom stereocenters. The summed E-state index contributed by atoms with van der Waals surface area (Å²) in [4.78, 5) is 23.3. The molecule has 1 saturated heterocycles. The quantitative estimate of drug-likeness (QED) is 0.653. The standard InChI is InChI=1S/C13H23N3O2/c1-9-8-10(4-6-14-9)13(18)15-7-5-12(17)16-11-2-3-11/h9-11,14H,2-8H2,1H3,(H,15,18)(H,16,17). The van der Waals surface area contributed by atoms with Crippen molar-refractivity contribution in [1.82, 2.24) is 16.0 Å². The Kier molecular flexibility index (Phi) is 4.58. The summed E-state index contributed by atoms with van der Waals surface area (Å²) >= 11 is 0. The van der Waals surface area contributed by atoms with Gasteiger partial charge in [-0.15, -0.1) is 0 Å². The molecule has 2 fully saturated rings. The lowest BCUT2D eigenvalue weighted by molar-refractivity contribution is -0.126. The molecule has 0 aromatic carbocycles. The van der Waals surface area contributed by atoms with E-state index in [1.807, 2.05) is 0 Å². The smallest absolute Gasteiger partial charge is 0.223 e. The highest BCUT2D eigenvalue weighted by Gasteiger charge is 2.25. The zero-order valence-electron chi connectivity index (χ0n) is 11.0. The molecule has 1 saturated carbocycles. The molecule has 1 aliphatic heterocycles. The topological polar surface area (TPSA) is 70.2 Å². The van der Waals surface area contributed by atoms with Gasteiger partial charge < -0.3 is 16.0 Å². The summed E-state index contributed by atoms with van der Waals surface area (Å²) in [6, 6.07) is 0.811. The van der Waals surface area contributed by atoms with E-state index in [2.05, 4.69) is 22.9 Å². The highest BCUT2D eigenvalue weighted by molar-refractivity contribution is 5.80. The molecule has 0 radical (unpaired) electrons. The molecule has 5 nitrogen and oxygen atoms in total. The van der Waals surface area contributed by atoms with E-state index >= 15 is 0 Å². The summed E-state index contributed by atoms with van der Waals surface area (Å²) in [5, 5.41) is 9.11. The van der Waals surface area contributed by atoms with Gasteiger partial charge in [0.25, 0.3) is 0 Å². The highest BCUT2D eigenvalue weighted by Crippen LogP contribution is 2.18. The van der Waals surface area contributed by atoms with Gasteiger partial charge in [0.1, 0.15) is 0 Å². The van der Waals surface area contributed by atoms with E-state index in [-0.39, 0.29) is 17.7 Å². The van der Waals surface area contributed by atoms with Crippen LogP contribution in [0.15, 0.2) is 0 Å².